The zero-order valence-corrected chi connectivity index (χ0v) is 13.0. The summed E-state index contributed by atoms with van der Waals surface area (Å²) < 4.78 is 4.89. The molecule has 1 fully saturated rings. The van der Waals surface area contributed by atoms with Crippen molar-refractivity contribution in [2.24, 2.45) is 5.73 Å². The van der Waals surface area contributed by atoms with Crippen molar-refractivity contribution in [2.75, 3.05) is 36.5 Å². The molecule has 2 rings (SSSR count). The SMILES string of the molecule is Cl.NCCCCNC(=O)Nc1cccc(N2CCOC2=O)c1. The second kappa shape index (κ2) is 9.11. The Kier molecular flexibility index (Phi) is 7.48. The topological polar surface area (TPSA) is 96.7 Å². The molecule has 1 aromatic rings. The van der Waals surface area contributed by atoms with Gasteiger partial charge in [-0.3, -0.25) is 4.90 Å². The summed E-state index contributed by atoms with van der Waals surface area (Å²) in [7, 11) is 0. The first-order chi connectivity index (χ1) is 10.2. The number of urea groups is 1. The molecule has 3 amide bonds. The van der Waals surface area contributed by atoms with Crippen LogP contribution in [0.4, 0.5) is 21.0 Å². The van der Waals surface area contributed by atoms with Crippen molar-refractivity contribution < 1.29 is 14.3 Å². The van der Waals surface area contributed by atoms with E-state index in [4.69, 9.17) is 10.5 Å². The molecule has 8 heteroatoms. The third kappa shape index (κ3) is 5.09. The average Bonchev–Trinajstić information content (AvgIpc) is 2.90. The van der Waals surface area contributed by atoms with Gasteiger partial charge in [0.1, 0.15) is 6.61 Å². The molecule has 4 N–H and O–H groups in total. The number of nitrogens with two attached hydrogens (primary N) is 1. The minimum absolute atomic E-state index is 0. The lowest BCUT2D eigenvalue weighted by Crippen LogP contribution is -2.30. The van der Waals surface area contributed by atoms with Crippen molar-refractivity contribution >= 4 is 35.9 Å². The molecule has 0 radical (unpaired) electrons. The van der Waals surface area contributed by atoms with Crippen LogP contribution in [0.1, 0.15) is 12.8 Å². The van der Waals surface area contributed by atoms with E-state index >= 15 is 0 Å². The largest absolute Gasteiger partial charge is 0.447 e. The monoisotopic (exact) mass is 328 g/mol. The van der Waals surface area contributed by atoms with Crippen molar-refractivity contribution in [3.8, 4) is 0 Å². The van der Waals surface area contributed by atoms with Crippen LogP contribution in [0.5, 0.6) is 0 Å². The summed E-state index contributed by atoms with van der Waals surface area (Å²) in [5.74, 6) is 0. The Morgan fingerprint density at radius 2 is 2.18 bits per heavy atom. The quantitative estimate of drug-likeness (QED) is 0.695. The van der Waals surface area contributed by atoms with E-state index in [9.17, 15) is 9.59 Å². The maximum Gasteiger partial charge on any atom is 0.414 e. The van der Waals surface area contributed by atoms with E-state index in [0.29, 0.717) is 37.6 Å². The highest BCUT2D eigenvalue weighted by Gasteiger charge is 2.23. The number of ether oxygens (including phenoxy) is 1. The maximum absolute atomic E-state index is 11.7. The molecule has 0 aliphatic carbocycles. The van der Waals surface area contributed by atoms with E-state index in [0.717, 1.165) is 12.8 Å². The molecule has 1 heterocycles. The highest BCUT2D eigenvalue weighted by Crippen LogP contribution is 2.22. The number of halogens is 1. The summed E-state index contributed by atoms with van der Waals surface area (Å²) in [6, 6.07) is 6.83. The van der Waals surface area contributed by atoms with E-state index in [2.05, 4.69) is 10.6 Å². The smallest absolute Gasteiger partial charge is 0.414 e. The second-order valence-electron chi connectivity index (χ2n) is 4.69. The van der Waals surface area contributed by atoms with E-state index in [1.807, 2.05) is 0 Å². The number of hydrogen-bond donors (Lipinski definition) is 3. The summed E-state index contributed by atoms with van der Waals surface area (Å²) >= 11 is 0. The maximum atomic E-state index is 11.7. The second-order valence-corrected chi connectivity index (χ2v) is 4.69. The normalized spacial score (nSPS) is 13.3. The number of benzene rings is 1. The number of unbranched alkanes of at least 4 members (excludes halogenated alkanes) is 1. The lowest BCUT2D eigenvalue weighted by molar-refractivity contribution is 0.181. The number of cyclic esters (lactones) is 1. The molecule has 1 saturated heterocycles. The van der Waals surface area contributed by atoms with Gasteiger partial charge in [0.25, 0.3) is 0 Å². The van der Waals surface area contributed by atoms with Gasteiger partial charge < -0.3 is 21.1 Å². The minimum atomic E-state index is -0.363. The van der Waals surface area contributed by atoms with Crippen molar-refractivity contribution in [3.63, 3.8) is 0 Å². The molecule has 0 spiro atoms. The number of nitrogens with one attached hydrogen (secondary N) is 2. The fourth-order valence-corrected chi connectivity index (χ4v) is 2.03. The fourth-order valence-electron chi connectivity index (χ4n) is 2.03. The van der Waals surface area contributed by atoms with Gasteiger partial charge in [-0.25, -0.2) is 9.59 Å². The van der Waals surface area contributed by atoms with Crippen LogP contribution in [-0.4, -0.2) is 38.4 Å². The van der Waals surface area contributed by atoms with Gasteiger partial charge in [0.2, 0.25) is 0 Å². The third-order valence-electron chi connectivity index (χ3n) is 3.09. The van der Waals surface area contributed by atoms with Crippen molar-refractivity contribution in [1.29, 1.82) is 0 Å². The first kappa shape index (κ1) is 18.1. The number of rotatable bonds is 6. The number of carbonyl (C=O) groups excluding carboxylic acids is 2. The molecule has 1 aliphatic rings. The minimum Gasteiger partial charge on any atom is -0.447 e. The van der Waals surface area contributed by atoms with Gasteiger partial charge >= 0.3 is 12.1 Å². The number of nitrogens with zero attached hydrogens (tertiary/aromatic N) is 1. The molecule has 122 valence electrons. The molecular weight excluding hydrogens is 308 g/mol. The average molecular weight is 329 g/mol. The summed E-state index contributed by atoms with van der Waals surface area (Å²) in [5.41, 5.74) is 6.72. The lowest BCUT2D eigenvalue weighted by atomic mass is 10.2. The molecule has 0 saturated carbocycles. The molecule has 0 unspecified atom stereocenters. The van der Waals surface area contributed by atoms with Crippen molar-refractivity contribution in [3.05, 3.63) is 24.3 Å². The zero-order valence-electron chi connectivity index (χ0n) is 12.2. The predicted molar refractivity (Wildman–Crippen MR) is 87.7 cm³/mol. The number of amides is 3. The molecule has 0 bridgehead atoms. The van der Waals surface area contributed by atoms with E-state index in [1.54, 1.807) is 24.3 Å². The highest BCUT2D eigenvalue weighted by molar-refractivity contribution is 5.93. The molecule has 0 atom stereocenters. The van der Waals surface area contributed by atoms with Crippen LogP contribution in [0.3, 0.4) is 0 Å². The van der Waals surface area contributed by atoms with Crippen LogP contribution in [0.2, 0.25) is 0 Å². The molecular formula is C14H21ClN4O3. The highest BCUT2D eigenvalue weighted by atomic mass is 35.5. The summed E-state index contributed by atoms with van der Waals surface area (Å²) in [6.07, 6.45) is 1.37. The molecule has 1 aliphatic heterocycles. The first-order valence-corrected chi connectivity index (χ1v) is 7.00. The van der Waals surface area contributed by atoms with Gasteiger partial charge in [-0.1, -0.05) is 6.07 Å². The van der Waals surface area contributed by atoms with Gasteiger partial charge in [0, 0.05) is 17.9 Å². The Bertz CT molecular complexity index is 513. The predicted octanol–water partition coefficient (Wildman–Crippen LogP) is 1.93. The first-order valence-electron chi connectivity index (χ1n) is 7.00. The molecule has 22 heavy (non-hydrogen) atoms. The van der Waals surface area contributed by atoms with Crippen molar-refractivity contribution in [2.45, 2.75) is 12.8 Å². The van der Waals surface area contributed by atoms with Crippen LogP contribution < -0.4 is 21.3 Å². The van der Waals surface area contributed by atoms with Gasteiger partial charge in [-0.05, 0) is 37.6 Å². The van der Waals surface area contributed by atoms with Gasteiger partial charge in [0.15, 0.2) is 0 Å². The van der Waals surface area contributed by atoms with Gasteiger partial charge in [0.05, 0.1) is 6.54 Å². The summed E-state index contributed by atoms with van der Waals surface area (Å²) in [4.78, 5) is 24.8. The Hall–Kier alpha value is -1.99. The summed E-state index contributed by atoms with van der Waals surface area (Å²) in [5, 5.41) is 5.49. The Morgan fingerprint density at radius 3 is 2.86 bits per heavy atom. The van der Waals surface area contributed by atoms with E-state index in [1.165, 1.54) is 4.90 Å². The third-order valence-corrected chi connectivity index (χ3v) is 3.09. The molecule has 1 aromatic carbocycles. The zero-order chi connectivity index (χ0) is 15.1. The number of carbonyl (C=O) groups is 2. The van der Waals surface area contributed by atoms with Crippen LogP contribution in [0, 0.1) is 0 Å². The number of hydrogen-bond acceptors (Lipinski definition) is 4. The summed E-state index contributed by atoms with van der Waals surface area (Å²) in [6.45, 7) is 2.12. The van der Waals surface area contributed by atoms with Gasteiger partial charge in [-0.2, -0.15) is 0 Å². The van der Waals surface area contributed by atoms with E-state index < -0.39 is 0 Å². The Labute approximate surface area is 135 Å². The Morgan fingerprint density at radius 1 is 1.36 bits per heavy atom. The van der Waals surface area contributed by atoms with Crippen molar-refractivity contribution in [1.82, 2.24) is 5.32 Å². The standard InChI is InChI=1S/C14H20N4O3.ClH/c15-6-1-2-7-16-13(19)17-11-4-3-5-12(10-11)18-8-9-21-14(18)20;/h3-5,10H,1-2,6-9,15H2,(H2,16,17,19);1H. The van der Waals surface area contributed by atoms with E-state index in [-0.39, 0.29) is 24.5 Å². The molecule has 7 nitrogen and oxygen atoms in total. The van der Waals surface area contributed by atoms with Crippen LogP contribution in [0.15, 0.2) is 24.3 Å². The van der Waals surface area contributed by atoms with Crippen LogP contribution >= 0.6 is 12.4 Å². The molecule has 0 aromatic heterocycles. The lowest BCUT2D eigenvalue weighted by Gasteiger charge is -2.14. The number of anilines is 2. The van der Waals surface area contributed by atoms with Crippen LogP contribution in [-0.2, 0) is 4.74 Å². The Balaban J connectivity index is 0.00000242. The van der Waals surface area contributed by atoms with Crippen LogP contribution in [0.25, 0.3) is 0 Å². The fraction of sp³-hybridized carbons (Fsp3) is 0.429. The van der Waals surface area contributed by atoms with Gasteiger partial charge in [-0.15, -0.1) is 12.4 Å².